The van der Waals surface area contributed by atoms with Crippen LogP contribution in [0, 0.1) is 0 Å². The van der Waals surface area contributed by atoms with Gasteiger partial charge in [-0.3, -0.25) is 0 Å². The number of hydrogen-bond donors (Lipinski definition) is 2. The Balaban J connectivity index is 2.68. The van der Waals surface area contributed by atoms with Crippen LogP contribution in [0.25, 0.3) is 0 Å². The van der Waals surface area contributed by atoms with Crippen LogP contribution in [0.3, 0.4) is 0 Å². The lowest BCUT2D eigenvalue weighted by Crippen LogP contribution is -2.29. The van der Waals surface area contributed by atoms with E-state index < -0.39 is 12.2 Å². The molecular weight excluding hydrogens is 218 g/mol. The normalized spacial score (nSPS) is 12.2. The van der Waals surface area contributed by atoms with E-state index in [0.29, 0.717) is 10.6 Å². The van der Waals surface area contributed by atoms with Crippen molar-refractivity contribution in [2.24, 2.45) is 0 Å². The molecule has 1 aromatic rings. The van der Waals surface area contributed by atoms with Crippen LogP contribution in [-0.2, 0) is 0 Å². The van der Waals surface area contributed by atoms with Gasteiger partial charge in [-0.05, 0) is 17.7 Å². The number of aliphatic hydroxyl groups is 1. The maximum Gasteiger partial charge on any atom is 0.407 e. The van der Waals surface area contributed by atoms with E-state index in [2.05, 4.69) is 0 Å². The van der Waals surface area contributed by atoms with Gasteiger partial charge in [-0.25, -0.2) is 4.79 Å². The zero-order valence-electron chi connectivity index (χ0n) is 8.22. The summed E-state index contributed by atoms with van der Waals surface area (Å²) in [6.45, 7) is 0.0235. The van der Waals surface area contributed by atoms with Crippen LogP contribution in [0.15, 0.2) is 24.3 Å². The maximum absolute atomic E-state index is 10.5. The molecule has 82 valence electrons. The Bertz CT molecular complexity index is 356. The lowest BCUT2D eigenvalue weighted by atomic mass is 10.1. The summed E-state index contributed by atoms with van der Waals surface area (Å²) in [6.07, 6.45) is -1.93. The van der Waals surface area contributed by atoms with Crippen molar-refractivity contribution in [3.8, 4) is 0 Å². The summed E-state index contributed by atoms with van der Waals surface area (Å²) in [6, 6.07) is 6.72. The average Bonchev–Trinajstić information content (AvgIpc) is 2.17. The fraction of sp³-hybridized carbons (Fsp3) is 0.300. The van der Waals surface area contributed by atoms with E-state index in [0.717, 1.165) is 4.90 Å². The Labute approximate surface area is 92.7 Å². The molecule has 0 bridgehead atoms. The van der Waals surface area contributed by atoms with E-state index in [9.17, 15) is 9.90 Å². The van der Waals surface area contributed by atoms with Gasteiger partial charge in [-0.1, -0.05) is 23.7 Å². The van der Waals surface area contributed by atoms with Crippen LogP contribution < -0.4 is 0 Å². The topological polar surface area (TPSA) is 60.8 Å². The molecule has 1 aromatic carbocycles. The molecule has 1 unspecified atom stereocenters. The third-order valence-corrected chi connectivity index (χ3v) is 2.24. The number of carboxylic acid groups (broad SMARTS) is 1. The van der Waals surface area contributed by atoms with Crippen molar-refractivity contribution in [1.82, 2.24) is 4.90 Å². The number of carbonyl (C=O) groups is 1. The molecule has 0 saturated carbocycles. The molecule has 4 nitrogen and oxygen atoms in total. The largest absolute Gasteiger partial charge is 0.465 e. The molecule has 0 aliphatic rings. The van der Waals surface area contributed by atoms with Gasteiger partial charge >= 0.3 is 6.09 Å². The second kappa shape index (κ2) is 5.00. The number of likely N-dealkylation sites (N-methyl/N-ethyl adjacent to an activating group) is 1. The van der Waals surface area contributed by atoms with E-state index in [4.69, 9.17) is 16.7 Å². The van der Waals surface area contributed by atoms with Gasteiger partial charge in [0, 0.05) is 12.1 Å². The number of halogens is 1. The molecule has 2 N–H and O–H groups in total. The fourth-order valence-corrected chi connectivity index (χ4v) is 1.36. The molecule has 0 saturated heterocycles. The first-order valence-corrected chi connectivity index (χ1v) is 4.76. The minimum atomic E-state index is -1.07. The lowest BCUT2D eigenvalue weighted by Gasteiger charge is -2.18. The quantitative estimate of drug-likeness (QED) is 0.833. The fourth-order valence-electron chi connectivity index (χ4n) is 1.16. The molecule has 0 heterocycles. The number of rotatable bonds is 3. The zero-order valence-corrected chi connectivity index (χ0v) is 8.98. The summed E-state index contributed by atoms with van der Waals surface area (Å²) >= 11 is 5.75. The average molecular weight is 230 g/mol. The molecule has 0 aliphatic heterocycles. The SMILES string of the molecule is CN(CC(O)c1cccc(Cl)c1)C(=O)O. The number of aliphatic hydroxyl groups excluding tert-OH is 1. The van der Waals surface area contributed by atoms with Gasteiger partial charge in [0.25, 0.3) is 0 Å². The Morgan fingerprint density at radius 1 is 1.60 bits per heavy atom. The standard InChI is InChI=1S/C10H12ClNO3/c1-12(10(14)15)6-9(13)7-3-2-4-8(11)5-7/h2-5,9,13H,6H2,1H3,(H,14,15). The van der Waals surface area contributed by atoms with Gasteiger partial charge in [-0.2, -0.15) is 0 Å². The van der Waals surface area contributed by atoms with Crippen LogP contribution >= 0.6 is 11.6 Å². The Hall–Kier alpha value is -1.26. The lowest BCUT2D eigenvalue weighted by molar-refractivity contribution is 0.108. The maximum atomic E-state index is 10.5. The highest BCUT2D eigenvalue weighted by Crippen LogP contribution is 2.18. The highest BCUT2D eigenvalue weighted by molar-refractivity contribution is 6.30. The highest BCUT2D eigenvalue weighted by Gasteiger charge is 2.13. The predicted molar refractivity (Wildman–Crippen MR) is 57.1 cm³/mol. The van der Waals surface area contributed by atoms with Crippen LogP contribution in [-0.4, -0.2) is 34.8 Å². The van der Waals surface area contributed by atoms with Crippen LogP contribution in [0.5, 0.6) is 0 Å². The predicted octanol–water partition coefficient (Wildman–Crippen LogP) is 1.98. The first-order chi connectivity index (χ1) is 7.00. The van der Waals surface area contributed by atoms with E-state index in [1.807, 2.05) is 0 Å². The zero-order chi connectivity index (χ0) is 11.4. The second-order valence-corrected chi connectivity index (χ2v) is 3.67. The summed E-state index contributed by atoms with van der Waals surface area (Å²) < 4.78 is 0. The summed E-state index contributed by atoms with van der Waals surface area (Å²) in [4.78, 5) is 11.5. The van der Waals surface area contributed by atoms with Crippen LogP contribution in [0.2, 0.25) is 5.02 Å². The van der Waals surface area contributed by atoms with E-state index >= 15 is 0 Å². The molecule has 1 amide bonds. The number of nitrogens with zero attached hydrogens (tertiary/aromatic N) is 1. The van der Waals surface area contributed by atoms with Crippen molar-refractivity contribution in [1.29, 1.82) is 0 Å². The van der Waals surface area contributed by atoms with Gasteiger partial charge in [0.05, 0.1) is 12.6 Å². The molecule has 1 rings (SSSR count). The molecule has 0 radical (unpaired) electrons. The Morgan fingerprint density at radius 2 is 2.27 bits per heavy atom. The number of benzene rings is 1. The summed E-state index contributed by atoms with van der Waals surface area (Å²) in [5.41, 5.74) is 0.607. The Kier molecular flexibility index (Phi) is 3.94. The summed E-state index contributed by atoms with van der Waals surface area (Å²) in [5.74, 6) is 0. The highest BCUT2D eigenvalue weighted by atomic mass is 35.5. The van der Waals surface area contributed by atoms with Gasteiger partial charge in [0.1, 0.15) is 0 Å². The first-order valence-electron chi connectivity index (χ1n) is 4.38. The van der Waals surface area contributed by atoms with Gasteiger partial charge in [0.2, 0.25) is 0 Å². The van der Waals surface area contributed by atoms with Crippen molar-refractivity contribution in [3.63, 3.8) is 0 Å². The van der Waals surface area contributed by atoms with Crippen molar-refractivity contribution < 1.29 is 15.0 Å². The molecule has 0 aliphatic carbocycles. The molecule has 0 aromatic heterocycles. The van der Waals surface area contributed by atoms with Crippen molar-refractivity contribution in [2.45, 2.75) is 6.10 Å². The molecule has 5 heteroatoms. The number of hydrogen-bond acceptors (Lipinski definition) is 2. The molecule has 15 heavy (non-hydrogen) atoms. The second-order valence-electron chi connectivity index (χ2n) is 3.23. The van der Waals surface area contributed by atoms with Gasteiger partial charge < -0.3 is 15.1 Å². The minimum Gasteiger partial charge on any atom is -0.465 e. The van der Waals surface area contributed by atoms with Crippen molar-refractivity contribution in [3.05, 3.63) is 34.9 Å². The van der Waals surface area contributed by atoms with Gasteiger partial charge in [0.15, 0.2) is 0 Å². The van der Waals surface area contributed by atoms with Crippen molar-refractivity contribution in [2.75, 3.05) is 13.6 Å². The van der Waals surface area contributed by atoms with E-state index in [-0.39, 0.29) is 6.54 Å². The van der Waals surface area contributed by atoms with Gasteiger partial charge in [-0.15, -0.1) is 0 Å². The van der Waals surface area contributed by atoms with E-state index in [1.165, 1.54) is 7.05 Å². The van der Waals surface area contributed by atoms with Crippen LogP contribution in [0.1, 0.15) is 11.7 Å². The summed E-state index contributed by atoms with van der Waals surface area (Å²) in [7, 11) is 1.40. The van der Waals surface area contributed by atoms with Crippen LogP contribution in [0.4, 0.5) is 4.79 Å². The smallest absolute Gasteiger partial charge is 0.407 e. The third-order valence-electron chi connectivity index (χ3n) is 2.01. The number of amides is 1. The minimum absolute atomic E-state index is 0.0235. The van der Waals surface area contributed by atoms with Crippen molar-refractivity contribution >= 4 is 17.7 Å². The summed E-state index contributed by atoms with van der Waals surface area (Å²) in [5, 5.41) is 18.8. The first kappa shape index (κ1) is 11.8. The molecule has 1 atom stereocenters. The monoisotopic (exact) mass is 229 g/mol. The molecular formula is C10H12ClNO3. The molecule has 0 spiro atoms. The third kappa shape index (κ3) is 3.42. The Morgan fingerprint density at radius 3 is 2.80 bits per heavy atom. The molecule has 0 fully saturated rings. The van der Waals surface area contributed by atoms with E-state index in [1.54, 1.807) is 24.3 Å².